The van der Waals surface area contributed by atoms with E-state index >= 15 is 0 Å². The maximum absolute atomic E-state index is 5.85. The topological polar surface area (TPSA) is 58.5 Å². The first-order chi connectivity index (χ1) is 13.7. The van der Waals surface area contributed by atoms with E-state index in [1.807, 2.05) is 36.4 Å². The molecule has 29 heavy (non-hydrogen) atoms. The third kappa shape index (κ3) is 7.38. The van der Waals surface area contributed by atoms with Gasteiger partial charge in [0.05, 0.1) is 5.69 Å². The van der Waals surface area contributed by atoms with Crippen molar-refractivity contribution in [2.45, 2.75) is 26.6 Å². The summed E-state index contributed by atoms with van der Waals surface area (Å²) in [6.45, 7) is 3.97. The van der Waals surface area contributed by atoms with Crippen LogP contribution in [0.1, 0.15) is 22.4 Å². The van der Waals surface area contributed by atoms with Crippen molar-refractivity contribution in [2.75, 3.05) is 7.05 Å². The molecule has 1 heterocycles. The first kappa shape index (κ1) is 22.7. The molecule has 0 aliphatic rings. The zero-order valence-electron chi connectivity index (χ0n) is 16.8. The molecule has 0 spiro atoms. The Morgan fingerprint density at radius 2 is 1.76 bits per heavy atom. The summed E-state index contributed by atoms with van der Waals surface area (Å²) < 4.78 is 5.85. The van der Waals surface area contributed by atoms with E-state index in [0.717, 1.165) is 29.5 Å². The van der Waals surface area contributed by atoms with E-state index in [2.05, 4.69) is 57.9 Å². The van der Waals surface area contributed by atoms with Gasteiger partial charge in [-0.15, -0.1) is 24.0 Å². The first-order valence-electron chi connectivity index (χ1n) is 9.35. The number of guanidine groups is 1. The molecule has 2 N–H and O–H groups in total. The molecule has 5 nitrogen and oxygen atoms in total. The van der Waals surface area contributed by atoms with Crippen LogP contribution in [-0.2, 0) is 19.7 Å². The van der Waals surface area contributed by atoms with Crippen LogP contribution < -0.4 is 15.4 Å². The lowest BCUT2D eigenvalue weighted by molar-refractivity contribution is 0.301. The molecule has 0 bridgehead atoms. The Balaban J connectivity index is 0.00000300. The molecule has 152 valence electrons. The van der Waals surface area contributed by atoms with Crippen molar-refractivity contribution in [3.05, 3.63) is 95.3 Å². The van der Waals surface area contributed by atoms with E-state index in [0.29, 0.717) is 13.2 Å². The van der Waals surface area contributed by atoms with Crippen molar-refractivity contribution >= 4 is 29.9 Å². The molecule has 1 aromatic heterocycles. The van der Waals surface area contributed by atoms with Crippen LogP contribution in [0.5, 0.6) is 5.75 Å². The van der Waals surface area contributed by atoms with E-state index < -0.39 is 0 Å². The number of halogens is 1. The monoisotopic (exact) mass is 502 g/mol. The molecule has 0 aliphatic heterocycles. The number of hydrogen-bond donors (Lipinski definition) is 2. The van der Waals surface area contributed by atoms with Crippen LogP contribution in [0.4, 0.5) is 0 Å². The zero-order chi connectivity index (χ0) is 19.6. The Hall–Kier alpha value is -2.61. The van der Waals surface area contributed by atoms with Gasteiger partial charge in [-0.1, -0.05) is 42.5 Å². The average molecular weight is 502 g/mol. The molecular formula is C23H27IN4O. The Kier molecular flexibility index (Phi) is 9.43. The Morgan fingerprint density at radius 3 is 2.52 bits per heavy atom. The van der Waals surface area contributed by atoms with Gasteiger partial charge in [0, 0.05) is 26.3 Å². The maximum Gasteiger partial charge on any atom is 0.191 e. The van der Waals surface area contributed by atoms with E-state index in [1.165, 1.54) is 11.1 Å². The molecule has 0 aliphatic carbocycles. The van der Waals surface area contributed by atoms with Crippen LogP contribution in [0.25, 0.3) is 0 Å². The third-order valence-electron chi connectivity index (χ3n) is 4.40. The summed E-state index contributed by atoms with van der Waals surface area (Å²) in [6, 6.07) is 22.2. The summed E-state index contributed by atoms with van der Waals surface area (Å²) in [5.74, 6) is 1.59. The van der Waals surface area contributed by atoms with Crippen LogP contribution in [0.3, 0.4) is 0 Å². The van der Waals surface area contributed by atoms with Crippen molar-refractivity contribution in [2.24, 2.45) is 4.99 Å². The molecule has 2 aromatic carbocycles. The predicted octanol–water partition coefficient (Wildman–Crippen LogP) is 4.45. The van der Waals surface area contributed by atoms with Crippen LogP contribution in [0.15, 0.2) is 77.9 Å². The second-order valence-electron chi connectivity index (χ2n) is 6.46. The van der Waals surface area contributed by atoms with Gasteiger partial charge in [-0.2, -0.15) is 0 Å². The first-order valence-corrected chi connectivity index (χ1v) is 9.35. The van der Waals surface area contributed by atoms with E-state index in [1.54, 1.807) is 13.2 Å². The van der Waals surface area contributed by atoms with Crippen LogP contribution in [0, 0.1) is 6.92 Å². The van der Waals surface area contributed by atoms with Gasteiger partial charge >= 0.3 is 0 Å². The van der Waals surface area contributed by atoms with Crippen LogP contribution in [-0.4, -0.2) is 18.0 Å². The summed E-state index contributed by atoms with van der Waals surface area (Å²) in [4.78, 5) is 8.58. The SMILES string of the molecule is CN=C(NCc1cccc(OCc2ccccn2)c1)NCc1ccccc1C.I. The number of benzene rings is 2. The van der Waals surface area contributed by atoms with Crippen molar-refractivity contribution in [3.63, 3.8) is 0 Å². The van der Waals surface area contributed by atoms with E-state index in [9.17, 15) is 0 Å². The van der Waals surface area contributed by atoms with Gasteiger partial charge in [0.1, 0.15) is 12.4 Å². The molecule has 3 rings (SSSR count). The van der Waals surface area contributed by atoms with Crippen LogP contribution >= 0.6 is 24.0 Å². The second-order valence-corrected chi connectivity index (χ2v) is 6.46. The van der Waals surface area contributed by atoms with Gasteiger partial charge in [0.15, 0.2) is 5.96 Å². The minimum Gasteiger partial charge on any atom is -0.487 e. The number of rotatable bonds is 7. The highest BCUT2D eigenvalue weighted by atomic mass is 127. The number of pyridine rings is 1. The second kappa shape index (κ2) is 12.1. The van der Waals surface area contributed by atoms with Gasteiger partial charge in [0.25, 0.3) is 0 Å². The van der Waals surface area contributed by atoms with Crippen molar-refractivity contribution in [1.29, 1.82) is 0 Å². The number of aryl methyl sites for hydroxylation is 1. The third-order valence-corrected chi connectivity index (χ3v) is 4.40. The van der Waals surface area contributed by atoms with Gasteiger partial charge in [-0.05, 0) is 47.9 Å². The summed E-state index contributed by atoms with van der Waals surface area (Å²) in [6.07, 6.45) is 1.77. The zero-order valence-corrected chi connectivity index (χ0v) is 19.1. The molecule has 0 atom stereocenters. The van der Waals surface area contributed by atoms with Crippen LogP contribution in [0.2, 0.25) is 0 Å². The van der Waals surface area contributed by atoms with E-state index in [-0.39, 0.29) is 24.0 Å². The predicted molar refractivity (Wildman–Crippen MR) is 129 cm³/mol. The summed E-state index contributed by atoms with van der Waals surface area (Å²) >= 11 is 0. The largest absolute Gasteiger partial charge is 0.487 e. The molecular weight excluding hydrogens is 475 g/mol. The van der Waals surface area contributed by atoms with Gasteiger partial charge in [-0.3, -0.25) is 9.98 Å². The lowest BCUT2D eigenvalue weighted by atomic mass is 10.1. The normalized spacial score (nSPS) is 10.8. The average Bonchev–Trinajstić information content (AvgIpc) is 2.74. The molecule has 0 fully saturated rings. The lowest BCUT2D eigenvalue weighted by Gasteiger charge is -2.14. The smallest absolute Gasteiger partial charge is 0.191 e. The minimum atomic E-state index is 0. The van der Waals surface area contributed by atoms with E-state index in [4.69, 9.17) is 4.74 Å². The lowest BCUT2D eigenvalue weighted by Crippen LogP contribution is -2.36. The molecule has 0 radical (unpaired) electrons. The highest BCUT2D eigenvalue weighted by Crippen LogP contribution is 2.14. The van der Waals surface area contributed by atoms with Crippen molar-refractivity contribution in [3.8, 4) is 5.75 Å². The number of aliphatic imine (C=N–C) groups is 1. The number of nitrogens with zero attached hydrogens (tertiary/aromatic N) is 2. The Bertz CT molecular complexity index is 916. The minimum absolute atomic E-state index is 0. The van der Waals surface area contributed by atoms with Gasteiger partial charge < -0.3 is 15.4 Å². The fourth-order valence-corrected chi connectivity index (χ4v) is 2.78. The molecule has 6 heteroatoms. The summed E-state index contributed by atoms with van der Waals surface area (Å²) in [7, 11) is 1.78. The molecule has 3 aromatic rings. The summed E-state index contributed by atoms with van der Waals surface area (Å²) in [5.41, 5.74) is 4.56. The summed E-state index contributed by atoms with van der Waals surface area (Å²) in [5, 5.41) is 6.70. The fourth-order valence-electron chi connectivity index (χ4n) is 2.78. The number of hydrogen-bond acceptors (Lipinski definition) is 3. The van der Waals surface area contributed by atoms with Gasteiger partial charge in [0.2, 0.25) is 0 Å². The number of aromatic nitrogens is 1. The quantitative estimate of drug-likeness (QED) is 0.285. The number of ether oxygens (including phenoxy) is 1. The highest BCUT2D eigenvalue weighted by Gasteiger charge is 2.03. The highest BCUT2D eigenvalue weighted by molar-refractivity contribution is 14.0. The Morgan fingerprint density at radius 1 is 0.966 bits per heavy atom. The van der Waals surface area contributed by atoms with Crippen molar-refractivity contribution in [1.82, 2.24) is 15.6 Å². The fraction of sp³-hybridized carbons (Fsp3) is 0.217. The molecule has 0 amide bonds. The molecule has 0 saturated carbocycles. The number of nitrogens with one attached hydrogen (secondary N) is 2. The Labute approximate surface area is 189 Å². The molecule has 0 unspecified atom stereocenters. The standard InChI is InChI=1S/C23H26N4O.HI/c1-18-8-3-4-10-20(18)16-27-23(24-2)26-15-19-9-7-12-22(14-19)28-17-21-11-5-6-13-25-21;/h3-14H,15-17H2,1-2H3,(H2,24,26,27);1H. The molecule has 0 saturated heterocycles. The van der Waals surface area contributed by atoms with Crippen molar-refractivity contribution < 1.29 is 4.74 Å². The van der Waals surface area contributed by atoms with Gasteiger partial charge in [-0.25, -0.2) is 0 Å². The maximum atomic E-state index is 5.85.